The van der Waals surface area contributed by atoms with Crippen LogP contribution >= 0.6 is 0 Å². The van der Waals surface area contributed by atoms with Gasteiger partial charge in [-0.25, -0.2) is 8.42 Å². The summed E-state index contributed by atoms with van der Waals surface area (Å²) >= 11 is 0. The van der Waals surface area contributed by atoms with Crippen molar-refractivity contribution in [1.82, 2.24) is 5.32 Å². The Kier molecular flexibility index (Phi) is 4.84. The molecular formula is C14H21N3O3S. The van der Waals surface area contributed by atoms with Crippen LogP contribution in [0, 0.1) is 6.92 Å². The SMILES string of the molecule is Cc1cc(/C(N)=N/O)ccc1CNC1CCCS(=O)(=O)C1. The van der Waals surface area contributed by atoms with E-state index >= 15 is 0 Å². The van der Waals surface area contributed by atoms with Gasteiger partial charge in [-0.05, 0) is 37.0 Å². The van der Waals surface area contributed by atoms with Crippen molar-refractivity contribution in [2.24, 2.45) is 10.9 Å². The molecule has 0 saturated carbocycles. The van der Waals surface area contributed by atoms with E-state index in [1.165, 1.54) is 0 Å². The Morgan fingerprint density at radius 2 is 2.29 bits per heavy atom. The molecule has 7 heteroatoms. The van der Waals surface area contributed by atoms with E-state index in [1.54, 1.807) is 6.07 Å². The molecule has 0 radical (unpaired) electrons. The zero-order valence-corrected chi connectivity index (χ0v) is 12.9. The fourth-order valence-corrected chi connectivity index (χ4v) is 4.22. The molecule has 4 N–H and O–H groups in total. The van der Waals surface area contributed by atoms with E-state index in [1.807, 2.05) is 19.1 Å². The number of benzene rings is 1. The summed E-state index contributed by atoms with van der Waals surface area (Å²) in [7, 11) is -2.89. The lowest BCUT2D eigenvalue weighted by molar-refractivity contribution is 0.318. The van der Waals surface area contributed by atoms with Gasteiger partial charge in [-0.1, -0.05) is 17.3 Å². The van der Waals surface area contributed by atoms with Gasteiger partial charge in [0.05, 0.1) is 11.5 Å². The molecule has 0 amide bonds. The van der Waals surface area contributed by atoms with Crippen molar-refractivity contribution in [3.63, 3.8) is 0 Å². The van der Waals surface area contributed by atoms with Crippen molar-refractivity contribution in [2.45, 2.75) is 32.4 Å². The Morgan fingerprint density at radius 3 is 2.90 bits per heavy atom. The van der Waals surface area contributed by atoms with Crippen molar-refractivity contribution >= 4 is 15.7 Å². The van der Waals surface area contributed by atoms with E-state index in [0.29, 0.717) is 17.9 Å². The minimum atomic E-state index is -2.89. The lowest BCUT2D eigenvalue weighted by Crippen LogP contribution is -2.39. The Bertz CT molecular complexity index is 641. The van der Waals surface area contributed by atoms with Crippen molar-refractivity contribution in [1.29, 1.82) is 0 Å². The van der Waals surface area contributed by atoms with Crippen LogP contribution in [-0.2, 0) is 16.4 Å². The van der Waals surface area contributed by atoms with Crippen LogP contribution in [0.2, 0.25) is 0 Å². The number of hydrogen-bond acceptors (Lipinski definition) is 5. The van der Waals surface area contributed by atoms with Gasteiger partial charge < -0.3 is 16.3 Å². The molecule has 1 saturated heterocycles. The quantitative estimate of drug-likeness (QED) is 0.329. The Labute approximate surface area is 125 Å². The summed E-state index contributed by atoms with van der Waals surface area (Å²) in [6, 6.07) is 5.57. The maximum Gasteiger partial charge on any atom is 0.170 e. The van der Waals surface area contributed by atoms with Crippen LogP contribution in [0.25, 0.3) is 0 Å². The fourth-order valence-electron chi connectivity index (χ4n) is 2.55. The Morgan fingerprint density at radius 1 is 1.52 bits per heavy atom. The normalized spacial score (nSPS) is 22.1. The standard InChI is InChI=1S/C14H21N3O3S/c1-10-7-11(14(15)17-18)4-5-12(10)8-16-13-3-2-6-21(19,20)9-13/h4-5,7,13,16,18H,2-3,6,8-9H2,1H3,(H2,15,17). The smallest absolute Gasteiger partial charge is 0.170 e. The average Bonchev–Trinajstić information content (AvgIpc) is 2.44. The van der Waals surface area contributed by atoms with Crippen molar-refractivity contribution < 1.29 is 13.6 Å². The monoisotopic (exact) mass is 311 g/mol. The molecule has 21 heavy (non-hydrogen) atoms. The van der Waals surface area contributed by atoms with Gasteiger partial charge in [-0.3, -0.25) is 0 Å². The molecule has 6 nitrogen and oxygen atoms in total. The molecule has 1 aliphatic rings. The summed E-state index contributed by atoms with van der Waals surface area (Å²) in [4.78, 5) is 0. The number of nitrogens with zero attached hydrogens (tertiary/aromatic N) is 1. The van der Waals surface area contributed by atoms with Crippen LogP contribution in [0.5, 0.6) is 0 Å². The zero-order valence-electron chi connectivity index (χ0n) is 12.0. The Hall–Kier alpha value is -1.60. The molecule has 1 unspecified atom stereocenters. The van der Waals surface area contributed by atoms with Gasteiger partial charge >= 0.3 is 0 Å². The highest BCUT2D eigenvalue weighted by atomic mass is 32.2. The summed E-state index contributed by atoms with van der Waals surface area (Å²) < 4.78 is 23.2. The second-order valence-corrected chi connectivity index (χ2v) is 7.69. The summed E-state index contributed by atoms with van der Waals surface area (Å²) in [5.41, 5.74) is 8.31. The molecule has 1 heterocycles. The number of hydrogen-bond donors (Lipinski definition) is 3. The van der Waals surface area contributed by atoms with Crippen molar-refractivity contribution in [3.05, 3.63) is 34.9 Å². The summed E-state index contributed by atoms with van der Waals surface area (Å²) in [6.45, 7) is 2.56. The van der Waals surface area contributed by atoms with Gasteiger partial charge in [0, 0.05) is 18.2 Å². The third-order valence-corrected chi connectivity index (χ3v) is 5.61. The van der Waals surface area contributed by atoms with Crippen LogP contribution in [0.3, 0.4) is 0 Å². The molecule has 1 fully saturated rings. The first-order valence-electron chi connectivity index (χ1n) is 6.92. The van der Waals surface area contributed by atoms with Gasteiger partial charge in [-0.2, -0.15) is 0 Å². The molecule has 116 valence electrons. The Balaban J connectivity index is 2.00. The molecule has 0 spiro atoms. The first-order valence-corrected chi connectivity index (χ1v) is 8.74. The molecular weight excluding hydrogens is 290 g/mol. The average molecular weight is 311 g/mol. The van der Waals surface area contributed by atoms with Gasteiger partial charge in [0.15, 0.2) is 15.7 Å². The largest absolute Gasteiger partial charge is 0.409 e. The van der Waals surface area contributed by atoms with Crippen LogP contribution in [0.1, 0.15) is 29.5 Å². The minimum absolute atomic E-state index is 0.0203. The molecule has 0 aliphatic carbocycles. The predicted molar refractivity (Wildman–Crippen MR) is 82.2 cm³/mol. The highest BCUT2D eigenvalue weighted by Gasteiger charge is 2.24. The number of oxime groups is 1. The number of amidine groups is 1. The topological polar surface area (TPSA) is 105 Å². The van der Waals surface area contributed by atoms with Crippen LogP contribution in [0.4, 0.5) is 0 Å². The lowest BCUT2D eigenvalue weighted by Gasteiger charge is -2.23. The lowest BCUT2D eigenvalue weighted by atomic mass is 10.0. The second kappa shape index (κ2) is 6.44. The molecule has 1 aliphatic heterocycles. The van der Waals surface area contributed by atoms with Crippen LogP contribution in [0.15, 0.2) is 23.4 Å². The second-order valence-electron chi connectivity index (χ2n) is 5.46. The molecule has 2 rings (SSSR count). The molecule has 0 aromatic heterocycles. The summed E-state index contributed by atoms with van der Waals surface area (Å²) in [6.07, 6.45) is 1.61. The van der Waals surface area contributed by atoms with E-state index < -0.39 is 9.84 Å². The van der Waals surface area contributed by atoms with Gasteiger partial charge in [0.1, 0.15) is 0 Å². The summed E-state index contributed by atoms with van der Waals surface area (Å²) in [5.74, 6) is 0.600. The van der Waals surface area contributed by atoms with E-state index in [0.717, 1.165) is 24.0 Å². The van der Waals surface area contributed by atoms with E-state index in [2.05, 4.69) is 10.5 Å². The third-order valence-electron chi connectivity index (χ3n) is 3.79. The highest BCUT2D eigenvalue weighted by molar-refractivity contribution is 7.91. The van der Waals surface area contributed by atoms with Gasteiger partial charge in [-0.15, -0.1) is 0 Å². The number of rotatable bonds is 4. The van der Waals surface area contributed by atoms with Gasteiger partial charge in [0.25, 0.3) is 0 Å². The predicted octanol–water partition coefficient (Wildman–Crippen LogP) is 0.756. The van der Waals surface area contributed by atoms with E-state index in [-0.39, 0.29) is 17.6 Å². The molecule has 1 atom stereocenters. The first kappa shape index (κ1) is 15.8. The van der Waals surface area contributed by atoms with E-state index in [4.69, 9.17) is 10.9 Å². The fraction of sp³-hybridized carbons (Fsp3) is 0.500. The highest BCUT2D eigenvalue weighted by Crippen LogP contribution is 2.15. The van der Waals surface area contributed by atoms with Crippen molar-refractivity contribution in [2.75, 3.05) is 11.5 Å². The van der Waals surface area contributed by atoms with E-state index in [9.17, 15) is 8.42 Å². The maximum atomic E-state index is 11.6. The molecule has 0 bridgehead atoms. The third kappa shape index (κ3) is 4.18. The first-order chi connectivity index (χ1) is 9.91. The number of nitrogens with two attached hydrogens (primary N) is 1. The van der Waals surface area contributed by atoms with Crippen LogP contribution < -0.4 is 11.1 Å². The number of nitrogens with one attached hydrogen (secondary N) is 1. The summed E-state index contributed by atoms with van der Waals surface area (Å²) in [5, 5.41) is 14.9. The number of aryl methyl sites for hydroxylation is 1. The number of sulfone groups is 1. The van der Waals surface area contributed by atoms with Gasteiger partial charge in [0.2, 0.25) is 0 Å². The minimum Gasteiger partial charge on any atom is -0.409 e. The molecule has 1 aromatic carbocycles. The van der Waals surface area contributed by atoms with Crippen LogP contribution in [-0.4, -0.2) is 37.0 Å². The van der Waals surface area contributed by atoms with Crippen molar-refractivity contribution in [3.8, 4) is 0 Å². The zero-order chi connectivity index (χ0) is 15.5. The maximum absolute atomic E-state index is 11.6. The molecule has 1 aromatic rings.